The van der Waals surface area contributed by atoms with Gasteiger partial charge in [0.15, 0.2) is 0 Å². The maximum Gasteiger partial charge on any atom is 0.315 e. The minimum Gasteiger partial charge on any atom is -0.378 e. The molecule has 0 spiro atoms. The maximum atomic E-state index is 11.8. The molecule has 1 aromatic rings. The Bertz CT molecular complexity index is 461. The molecular formula is C16H23ClN2O2. The van der Waals surface area contributed by atoms with Crippen LogP contribution in [-0.4, -0.2) is 24.8 Å². The molecule has 2 amide bonds. The van der Waals surface area contributed by atoms with Crippen molar-refractivity contribution in [2.75, 3.05) is 6.61 Å². The molecule has 1 aromatic carbocycles. The molecule has 2 unspecified atom stereocenters. The quantitative estimate of drug-likeness (QED) is 0.845. The third-order valence-electron chi connectivity index (χ3n) is 3.72. The zero-order valence-corrected chi connectivity index (χ0v) is 13.2. The van der Waals surface area contributed by atoms with Gasteiger partial charge in [-0.1, -0.05) is 29.8 Å². The Labute approximate surface area is 131 Å². The molecule has 0 saturated carbocycles. The van der Waals surface area contributed by atoms with E-state index in [1.807, 2.05) is 31.2 Å². The van der Waals surface area contributed by atoms with Gasteiger partial charge in [0, 0.05) is 24.2 Å². The second-order valence-corrected chi connectivity index (χ2v) is 5.94. The molecule has 0 aliphatic carbocycles. The summed E-state index contributed by atoms with van der Waals surface area (Å²) in [5.41, 5.74) is 0.918. The molecule has 5 heteroatoms. The molecule has 1 aliphatic rings. The predicted molar refractivity (Wildman–Crippen MR) is 84.5 cm³/mol. The highest BCUT2D eigenvalue weighted by atomic mass is 35.5. The van der Waals surface area contributed by atoms with Crippen LogP contribution in [0.1, 0.15) is 38.2 Å². The van der Waals surface area contributed by atoms with E-state index in [0.29, 0.717) is 17.7 Å². The van der Waals surface area contributed by atoms with Crippen LogP contribution in [0, 0.1) is 0 Å². The Kier molecular flexibility index (Phi) is 6.33. The molecule has 0 aromatic heterocycles. The lowest BCUT2D eigenvalue weighted by atomic mass is 10.1. The number of benzene rings is 1. The van der Waals surface area contributed by atoms with Crippen LogP contribution >= 0.6 is 11.6 Å². The average Bonchev–Trinajstić information content (AvgIpc) is 2.97. The zero-order chi connectivity index (χ0) is 15.1. The number of urea groups is 1. The Morgan fingerprint density at radius 2 is 2.29 bits per heavy atom. The van der Waals surface area contributed by atoms with E-state index in [2.05, 4.69) is 10.6 Å². The summed E-state index contributed by atoms with van der Waals surface area (Å²) >= 11 is 6.05. The first kappa shape index (κ1) is 16.1. The van der Waals surface area contributed by atoms with Crippen molar-refractivity contribution in [1.29, 1.82) is 0 Å². The van der Waals surface area contributed by atoms with Gasteiger partial charge in [-0.05, 0) is 44.2 Å². The minimum absolute atomic E-state index is 0.139. The molecular weight excluding hydrogens is 288 g/mol. The number of amides is 2. The van der Waals surface area contributed by atoms with E-state index in [1.54, 1.807) is 0 Å². The number of nitrogens with one attached hydrogen (secondary N) is 2. The highest BCUT2D eigenvalue weighted by Gasteiger charge is 2.17. The molecule has 1 fully saturated rings. The van der Waals surface area contributed by atoms with Crippen LogP contribution < -0.4 is 10.6 Å². The molecule has 2 rings (SSSR count). The summed E-state index contributed by atoms with van der Waals surface area (Å²) < 4.78 is 5.58. The van der Waals surface area contributed by atoms with E-state index in [9.17, 15) is 4.79 Å². The van der Waals surface area contributed by atoms with E-state index in [0.717, 1.165) is 37.9 Å². The molecule has 0 radical (unpaired) electrons. The fourth-order valence-electron chi connectivity index (χ4n) is 2.47. The van der Waals surface area contributed by atoms with Crippen LogP contribution in [0.4, 0.5) is 4.79 Å². The van der Waals surface area contributed by atoms with Crippen LogP contribution in [0.3, 0.4) is 0 Å². The van der Waals surface area contributed by atoms with Gasteiger partial charge in [-0.15, -0.1) is 0 Å². The summed E-state index contributed by atoms with van der Waals surface area (Å²) in [5.74, 6) is 0. The summed E-state index contributed by atoms with van der Waals surface area (Å²) in [6, 6.07) is 7.49. The minimum atomic E-state index is -0.158. The SMILES string of the molecule is CC(CCC1CCCO1)NC(=O)NCc1ccccc1Cl. The van der Waals surface area contributed by atoms with Crippen LogP contribution in [0.5, 0.6) is 0 Å². The smallest absolute Gasteiger partial charge is 0.315 e. The molecule has 1 aliphatic heterocycles. The van der Waals surface area contributed by atoms with Crippen LogP contribution in [-0.2, 0) is 11.3 Å². The number of rotatable bonds is 6. The average molecular weight is 311 g/mol. The Morgan fingerprint density at radius 3 is 3.00 bits per heavy atom. The summed E-state index contributed by atoms with van der Waals surface area (Å²) in [6.45, 7) is 3.33. The lowest BCUT2D eigenvalue weighted by Crippen LogP contribution is -2.40. The van der Waals surface area contributed by atoms with Gasteiger partial charge in [0.1, 0.15) is 0 Å². The molecule has 2 atom stereocenters. The van der Waals surface area contributed by atoms with Crippen molar-refractivity contribution in [3.8, 4) is 0 Å². The molecule has 1 saturated heterocycles. The standard InChI is InChI=1S/C16H23ClN2O2/c1-12(8-9-14-6-4-10-21-14)19-16(20)18-11-13-5-2-3-7-15(13)17/h2-3,5,7,12,14H,4,6,8-11H2,1H3,(H2,18,19,20). The van der Waals surface area contributed by atoms with E-state index in [4.69, 9.17) is 16.3 Å². The third-order valence-corrected chi connectivity index (χ3v) is 4.09. The molecule has 21 heavy (non-hydrogen) atoms. The summed E-state index contributed by atoms with van der Waals surface area (Å²) in [4.78, 5) is 11.8. The van der Waals surface area contributed by atoms with Crippen molar-refractivity contribution in [3.63, 3.8) is 0 Å². The van der Waals surface area contributed by atoms with Gasteiger partial charge in [-0.3, -0.25) is 0 Å². The normalized spacial score (nSPS) is 19.2. The number of carbonyl (C=O) groups excluding carboxylic acids is 1. The zero-order valence-electron chi connectivity index (χ0n) is 12.4. The first-order chi connectivity index (χ1) is 10.1. The van der Waals surface area contributed by atoms with E-state index < -0.39 is 0 Å². The summed E-state index contributed by atoms with van der Waals surface area (Å²) in [6.07, 6.45) is 4.62. The molecule has 1 heterocycles. The number of ether oxygens (including phenoxy) is 1. The van der Waals surface area contributed by atoms with Crippen molar-refractivity contribution >= 4 is 17.6 Å². The summed E-state index contributed by atoms with van der Waals surface area (Å²) in [7, 11) is 0. The van der Waals surface area contributed by atoms with Gasteiger partial charge >= 0.3 is 6.03 Å². The lowest BCUT2D eigenvalue weighted by Gasteiger charge is -2.17. The largest absolute Gasteiger partial charge is 0.378 e. The Hall–Kier alpha value is -1.26. The third kappa shape index (κ3) is 5.56. The Morgan fingerprint density at radius 1 is 1.48 bits per heavy atom. The van der Waals surface area contributed by atoms with Crippen molar-refractivity contribution in [3.05, 3.63) is 34.9 Å². The van der Waals surface area contributed by atoms with Crippen LogP contribution in [0.25, 0.3) is 0 Å². The van der Waals surface area contributed by atoms with Gasteiger partial charge < -0.3 is 15.4 Å². The highest BCUT2D eigenvalue weighted by Crippen LogP contribution is 2.17. The summed E-state index contributed by atoms with van der Waals surface area (Å²) in [5, 5.41) is 6.45. The number of hydrogen-bond donors (Lipinski definition) is 2. The molecule has 2 N–H and O–H groups in total. The van der Waals surface area contributed by atoms with Gasteiger partial charge in [-0.25, -0.2) is 4.79 Å². The lowest BCUT2D eigenvalue weighted by molar-refractivity contribution is 0.100. The Balaban J connectivity index is 1.65. The van der Waals surface area contributed by atoms with Crippen molar-refractivity contribution < 1.29 is 9.53 Å². The van der Waals surface area contributed by atoms with Gasteiger partial charge in [-0.2, -0.15) is 0 Å². The first-order valence-electron chi connectivity index (χ1n) is 7.54. The van der Waals surface area contributed by atoms with E-state index >= 15 is 0 Å². The van der Waals surface area contributed by atoms with Gasteiger partial charge in [0.2, 0.25) is 0 Å². The number of carbonyl (C=O) groups is 1. The molecule has 0 bridgehead atoms. The predicted octanol–water partition coefficient (Wildman–Crippen LogP) is 3.49. The van der Waals surface area contributed by atoms with Gasteiger partial charge in [0.05, 0.1) is 6.10 Å². The number of halogens is 1. The molecule has 4 nitrogen and oxygen atoms in total. The monoisotopic (exact) mass is 310 g/mol. The van der Waals surface area contributed by atoms with E-state index in [-0.39, 0.29) is 12.1 Å². The second-order valence-electron chi connectivity index (χ2n) is 5.53. The highest BCUT2D eigenvalue weighted by molar-refractivity contribution is 6.31. The van der Waals surface area contributed by atoms with Crippen LogP contribution in [0.15, 0.2) is 24.3 Å². The van der Waals surface area contributed by atoms with Crippen molar-refractivity contribution in [1.82, 2.24) is 10.6 Å². The van der Waals surface area contributed by atoms with Crippen molar-refractivity contribution in [2.24, 2.45) is 0 Å². The van der Waals surface area contributed by atoms with E-state index in [1.165, 1.54) is 0 Å². The molecule has 116 valence electrons. The van der Waals surface area contributed by atoms with Crippen LogP contribution in [0.2, 0.25) is 5.02 Å². The topological polar surface area (TPSA) is 50.4 Å². The fraction of sp³-hybridized carbons (Fsp3) is 0.562. The fourth-order valence-corrected chi connectivity index (χ4v) is 2.67. The van der Waals surface area contributed by atoms with Gasteiger partial charge in [0.25, 0.3) is 0 Å². The second kappa shape index (κ2) is 8.25. The van der Waals surface area contributed by atoms with Crippen molar-refractivity contribution in [2.45, 2.75) is 51.3 Å². The maximum absolute atomic E-state index is 11.8. The number of hydrogen-bond acceptors (Lipinski definition) is 2. The first-order valence-corrected chi connectivity index (χ1v) is 7.92.